The highest BCUT2D eigenvalue weighted by Gasteiger charge is 2.06. The van der Waals surface area contributed by atoms with Crippen LogP contribution in [-0.2, 0) is 4.79 Å². The number of thiocarbonyl (C=S) groups is 1. The molecule has 0 saturated carbocycles. The Morgan fingerprint density at radius 2 is 1.95 bits per heavy atom. The molecule has 0 spiro atoms. The van der Waals surface area contributed by atoms with Gasteiger partial charge in [0.1, 0.15) is 0 Å². The SMILES string of the molecule is CCCCCCC(=O)NC(=S)Nc1cccc(C)c1C. The van der Waals surface area contributed by atoms with E-state index < -0.39 is 0 Å². The molecule has 1 amide bonds. The summed E-state index contributed by atoms with van der Waals surface area (Å²) in [6, 6.07) is 5.98. The number of hydrogen-bond donors (Lipinski definition) is 2. The van der Waals surface area contributed by atoms with Crippen molar-refractivity contribution in [3.8, 4) is 0 Å². The lowest BCUT2D eigenvalue weighted by molar-refractivity contribution is -0.119. The van der Waals surface area contributed by atoms with E-state index in [4.69, 9.17) is 12.2 Å². The van der Waals surface area contributed by atoms with Crippen LogP contribution in [0.5, 0.6) is 0 Å². The molecule has 0 heterocycles. The van der Waals surface area contributed by atoms with E-state index >= 15 is 0 Å². The largest absolute Gasteiger partial charge is 0.332 e. The van der Waals surface area contributed by atoms with Crippen LogP contribution in [0.2, 0.25) is 0 Å². The number of unbranched alkanes of at least 4 members (excludes halogenated alkanes) is 3. The number of nitrogens with one attached hydrogen (secondary N) is 2. The second-order valence-corrected chi connectivity index (χ2v) is 5.47. The van der Waals surface area contributed by atoms with Gasteiger partial charge in [0, 0.05) is 12.1 Å². The summed E-state index contributed by atoms with van der Waals surface area (Å²) in [5.74, 6) is -0.0103. The minimum Gasteiger partial charge on any atom is -0.332 e. The van der Waals surface area contributed by atoms with E-state index in [1.54, 1.807) is 0 Å². The van der Waals surface area contributed by atoms with E-state index in [0.29, 0.717) is 11.5 Å². The first kappa shape index (κ1) is 16.6. The van der Waals surface area contributed by atoms with E-state index in [1.165, 1.54) is 18.4 Å². The van der Waals surface area contributed by atoms with Gasteiger partial charge in [0.05, 0.1) is 0 Å². The summed E-state index contributed by atoms with van der Waals surface area (Å²) in [5.41, 5.74) is 3.29. The number of rotatable bonds is 6. The van der Waals surface area contributed by atoms with Crippen molar-refractivity contribution in [2.45, 2.75) is 52.9 Å². The molecule has 0 bridgehead atoms. The van der Waals surface area contributed by atoms with Crippen LogP contribution in [0, 0.1) is 13.8 Å². The molecule has 110 valence electrons. The van der Waals surface area contributed by atoms with E-state index in [-0.39, 0.29) is 5.91 Å². The second kappa shape index (κ2) is 8.69. The fraction of sp³-hybridized carbons (Fsp3) is 0.500. The fourth-order valence-electron chi connectivity index (χ4n) is 1.94. The number of hydrogen-bond acceptors (Lipinski definition) is 2. The lowest BCUT2D eigenvalue weighted by Gasteiger charge is -2.13. The van der Waals surface area contributed by atoms with Gasteiger partial charge < -0.3 is 10.6 Å². The second-order valence-electron chi connectivity index (χ2n) is 5.06. The predicted molar refractivity (Wildman–Crippen MR) is 89.0 cm³/mol. The smallest absolute Gasteiger partial charge is 0.226 e. The van der Waals surface area contributed by atoms with Gasteiger partial charge in [-0.1, -0.05) is 38.3 Å². The lowest BCUT2D eigenvalue weighted by atomic mass is 10.1. The Kier molecular flexibility index (Phi) is 7.23. The highest BCUT2D eigenvalue weighted by Crippen LogP contribution is 2.17. The maximum atomic E-state index is 11.7. The number of amides is 1. The molecule has 0 aliphatic heterocycles. The Morgan fingerprint density at radius 3 is 2.65 bits per heavy atom. The van der Waals surface area contributed by atoms with E-state index in [9.17, 15) is 4.79 Å². The molecular weight excluding hydrogens is 268 g/mol. The fourth-order valence-corrected chi connectivity index (χ4v) is 2.17. The minimum atomic E-state index is -0.0103. The van der Waals surface area contributed by atoms with Gasteiger partial charge in [-0.15, -0.1) is 0 Å². The predicted octanol–water partition coefficient (Wildman–Crippen LogP) is 4.09. The molecule has 4 heteroatoms. The van der Waals surface area contributed by atoms with Gasteiger partial charge in [-0.3, -0.25) is 4.79 Å². The average molecular weight is 292 g/mol. The van der Waals surface area contributed by atoms with Crippen molar-refractivity contribution >= 4 is 28.9 Å². The Bertz CT molecular complexity index is 472. The van der Waals surface area contributed by atoms with Crippen molar-refractivity contribution in [3.63, 3.8) is 0 Å². The molecule has 0 saturated heterocycles. The maximum absolute atomic E-state index is 11.7. The topological polar surface area (TPSA) is 41.1 Å². The van der Waals surface area contributed by atoms with Crippen molar-refractivity contribution < 1.29 is 4.79 Å². The van der Waals surface area contributed by atoms with Crippen LogP contribution in [0.1, 0.15) is 50.2 Å². The summed E-state index contributed by atoms with van der Waals surface area (Å²) in [6.45, 7) is 6.24. The Morgan fingerprint density at radius 1 is 1.20 bits per heavy atom. The molecule has 1 rings (SSSR count). The number of carbonyl (C=O) groups excluding carboxylic acids is 1. The van der Waals surface area contributed by atoms with Gasteiger partial charge >= 0.3 is 0 Å². The van der Waals surface area contributed by atoms with Crippen LogP contribution < -0.4 is 10.6 Å². The first-order valence-electron chi connectivity index (χ1n) is 7.21. The van der Waals surface area contributed by atoms with Crippen LogP contribution in [0.15, 0.2) is 18.2 Å². The van der Waals surface area contributed by atoms with Crippen molar-refractivity contribution in [3.05, 3.63) is 29.3 Å². The van der Waals surface area contributed by atoms with Crippen LogP contribution in [0.4, 0.5) is 5.69 Å². The van der Waals surface area contributed by atoms with Gasteiger partial charge in [-0.2, -0.15) is 0 Å². The van der Waals surface area contributed by atoms with Crippen LogP contribution >= 0.6 is 12.2 Å². The highest BCUT2D eigenvalue weighted by molar-refractivity contribution is 7.80. The van der Waals surface area contributed by atoms with Crippen LogP contribution in [-0.4, -0.2) is 11.0 Å². The monoisotopic (exact) mass is 292 g/mol. The molecule has 0 aliphatic rings. The molecule has 0 aliphatic carbocycles. The zero-order valence-electron chi connectivity index (χ0n) is 12.6. The average Bonchev–Trinajstić information content (AvgIpc) is 2.40. The van der Waals surface area contributed by atoms with Gasteiger partial charge in [0.15, 0.2) is 5.11 Å². The number of carbonyl (C=O) groups is 1. The summed E-state index contributed by atoms with van der Waals surface area (Å²) >= 11 is 5.17. The Labute approximate surface area is 127 Å². The molecule has 0 unspecified atom stereocenters. The third-order valence-electron chi connectivity index (χ3n) is 3.36. The van der Waals surface area contributed by atoms with Crippen molar-refractivity contribution in [1.82, 2.24) is 5.32 Å². The molecule has 20 heavy (non-hydrogen) atoms. The summed E-state index contributed by atoms with van der Waals surface area (Å²) < 4.78 is 0. The van der Waals surface area contributed by atoms with Gasteiger partial charge in [-0.25, -0.2) is 0 Å². The standard InChI is InChI=1S/C16H24N2OS/c1-4-5-6-7-11-15(19)18-16(20)17-14-10-8-9-12(2)13(14)3/h8-10H,4-7,11H2,1-3H3,(H2,17,18,19,20). The van der Waals surface area contributed by atoms with Crippen molar-refractivity contribution in [1.29, 1.82) is 0 Å². The summed E-state index contributed by atoms with van der Waals surface area (Å²) in [6.07, 6.45) is 4.91. The minimum absolute atomic E-state index is 0.0103. The summed E-state index contributed by atoms with van der Waals surface area (Å²) in [5, 5.41) is 6.19. The van der Waals surface area contributed by atoms with E-state index in [0.717, 1.165) is 24.1 Å². The molecule has 0 atom stereocenters. The van der Waals surface area contributed by atoms with Gasteiger partial charge in [-0.05, 0) is 49.7 Å². The van der Waals surface area contributed by atoms with E-state index in [1.807, 2.05) is 19.1 Å². The Hall–Kier alpha value is -1.42. The zero-order chi connectivity index (χ0) is 15.0. The Balaban J connectivity index is 2.39. The molecule has 3 nitrogen and oxygen atoms in total. The van der Waals surface area contributed by atoms with E-state index in [2.05, 4.69) is 30.5 Å². The molecule has 1 aromatic rings. The zero-order valence-corrected chi connectivity index (χ0v) is 13.4. The first-order valence-corrected chi connectivity index (χ1v) is 7.62. The third kappa shape index (κ3) is 5.70. The molecule has 0 radical (unpaired) electrons. The first-order chi connectivity index (χ1) is 9.54. The van der Waals surface area contributed by atoms with Gasteiger partial charge in [0.2, 0.25) is 5.91 Å². The lowest BCUT2D eigenvalue weighted by Crippen LogP contribution is -2.34. The van der Waals surface area contributed by atoms with Crippen LogP contribution in [0.3, 0.4) is 0 Å². The summed E-state index contributed by atoms with van der Waals surface area (Å²) in [7, 11) is 0. The summed E-state index contributed by atoms with van der Waals surface area (Å²) in [4.78, 5) is 11.7. The molecule has 2 N–H and O–H groups in total. The van der Waals surface area contributed by atoms with Crippen LogP contribution in [0.25, 0.3) is 0 Å². The number of benzene rings is 1. The quantitative estimate of drug-likeness (QED) is 0.613. The number of anilines is 1. The molecule has 0 aromatic heterocycles. The highest BCUT2D eigenvalue weighted by atomic mass is 32.1. The molecular formula is C16H24N2OS. The van der Waals surface area contributed by atoms with Crippen molar-refractivity contribution in [2.75, 3.05) is 5.32 Å². The van der Waals surface area contributed by atoms with Gasteiger partial charge in [0.25, 0.3) is 0 Å². The molecule has 1 aromatic carbocycles. The number of aryl methyl sites for hydroxylation is 1. The third-order valence-corrected chi connectivity index (χ3v) is 3.57. The normalized spacial score (nSPS) is 10.2. The molecule has 0 fully saturated rings. The maximum Gasteiger partial charge on any atom is 0.226 e. The van der Waals surface area contributed by atoms with Crippen molar-refractivity contribution in [2.24, 2.45) is 0 Å².